The number of aliphatic imine (C=N–C) groups is 1. The van der Waals surface area contributed by atoms with Crippen molar-refractivity contribution in [1.82, 2.24) is 0 Å². The molecular formula is C6H9IN2. The Labute approximate surface area is 68.7 Å². The van der Waals surface area contributed by atoms with Gasteiger partial charge in [-0.1, -0.05) is 12.2 Å². The van der Waals surface area contributed by atoms with E-state index in [1.165, 1.54) is 0 Å². The fraction of sp³-hybridized carbons (Fsp3) is 0.333. The third-order valence-corrected chi connectivity index (χ3v) is 0.930. The molecule has 0 saturated carbocycles. The Hall–Kier alpha value is -0.190. The topological polar surface area (TPSA) is 36.2 Å². The molecule has 0 amide bonds. The normalized spacial score (nSPS) is 11.3. The van der Waals surface area contributed by atoms with Crippen LogP contribution < -0.4 is 0 Å². The maximum absolute atomic E-state index is 6.94. The number of hydrogen-bond donors (Lipinski definition) is 1. The van der Waals surface area contributed by atoms with Gasteiger partial charge in [0.25, 0.3) is 0 Å². The van der Waals surface area contributed by atoms with E-state index in [1.54, 1.807) is 6.21 Å². The highest BCUT2D eigenvalue weighted by atomic mass is 127. The molecule has 0 aromatic heterocycles. The van der Waals surface area contributed by atoms with Gasteiger partial charge in [0.15, 0.2) is 0 Å². The van der Waals surface area contributed by atoms with E-state index in [0.717, 1.165) is 0 Å². The number of halogens is 1. The number of nitrogens with zero attached hydrogens (tertiary/aromatic N) is 1. The first kappa shape index (κ1) is 8.81. The summed E-state index contributed by atoms with van der Waals surface area (Å²) in [7, 11) is 0. The van der Waals surface area contributed by atoms with Gasteiger partial charge in [-0.05, 0) is 29.5 Å². The highest BCUT2D eigenvalue weighted by molar-refractivity contribution is 14.1. The van der Waals surface area contributed by atoms with Gasteiger partial charge in [0.2, 0.25) is 0 Å². The van der Waals surface area contributed by atoms with E-state index < -0.39 is 0 Å². The van der Waals surface area contributed by atoms with Crippen LogP contribution in [0.2, 0.25) is 0 Å². The van der Waals surface area contributed by atoms with E-state index in [-0.39, 0.29) is 0 Å². The highest BCUT2D eigenvalue weighted by Gasteiger charge is 1.75. The largest absolute Gasteiger partial charge is 0.293 e. The van der Waals surface area contributed by atoms with Crippen LogP contribution in [-0.2, 0) is 0 Å². The molecule has 9 heavy (non-hydrogen) atoms. The molecule has 0 atom stereocenters. The first-order chi connectivity index (χ1) is 4.27. The Morgan fingerprint density at radius 3 is 2.89 bits per heavy atom. The molecular weight excluding hydrogens is 227 g/mol. The number of nitrogens with one attached hydrogen (secondary N) is 1. The predicted octanol–water partition coefficient (Wildman–Crippen LogP) is 2.05. The van der Waals surface area contributed by atoms with Crippen LogP contribution in [0.1, 0.15) is 6.92 Å². The fourth-order valence-corrected chi connectivity index (χ4v) is 0.496. The van der Waals surface area contributed by atoms with Crippen LogP contribution in [-0.4, -0.2) is 16.5 Å². The van der Waals surface area contributed by atoms with Gasteiger partial charge in [0, 0.05) is 0 Å². The lowest BCUT2D eigenvalue weighted by Gasteiger charge is -1.80. The molecule has 0 aliphatic heterocycles. The Balaban J connectivity index is 3.36. The zero-order valence-electron chi connectivity index (χ0n) is 5.26. The third-order valence-electron chi connectivity index (χ3n) is 0.651. The molecule has 0 fully saturated rings. The summed E-state index contributed by atoms with van der Waals surface area (Å²) in [5.74, 6) is 0. The van der Waals surface area contributed by atoms with Crippen LogP contribution >= 0.6 is 22.6 Å². The van der Waals surface area contributed by atoms with Crippen molar-refractivity contribution in [2.75, 3.05) is 6.54 Å². The maximum atomic E-state index is 6.94. The Morgan fingerprint density at radius 1 is 1.78 bits per heavy atom. The van der Waals surface area contributed by atoms with E-state index in [0.29, 0.717) is 10.3 Å². The minimum absolute atomic E-state index is 0.470. The summed E-state index contributed by atoms with van der Waals surface area (Å²) in [4.78, 5) is 3.92. The molecule has 0 aliphatic carbocycles. The minimum atomic E-state index is 0.470. The summed E-state index contributed by atoms with van der Waals surface area (Å²) in [5, 5.41) is 6.94. The summed E-state index contributed by atoms with van der Waals surface area (Å²) in [5.41, 5.74) is 0. The van der Waals surface area contributed by atoms with E-state index in [2.05, 4.69) is 4.99 Å². The minimum Gasteiger partial charge on any atom is -0.293 e. The molecule has 1 N–H and O–H groups in total. The molecule has 0 aliphatic rings. The molecule has 0 aromatic rings. The lowest BCUT2D eigenvalue weighted by Crippen LogP contribution is -1.83. The number of rotatable bonds is 3. The summed E-state index contributed by atoms with van der Waals surface area (Å²) >= 11 is 1.90. The van der Waals surface area contributed by atoms with Crippen molar-refractivity contribution < 1.29 is 0 Å². The quantitative estimate of drug-likeness (QED) is 0.442. The van der Waals surface area contributed by atoms with Crippen LogP contribution in [0.4, 0.5) is 0 Å². The van der Waals surface area contributed by atoms with Crippen LogP contribution in [0.3, 0.4) is 0 Å². The molecule has 0 radical (unpaired) electrons. The molecule has 2 nitrogen and oxygen atoms in total. The van der Waals surface area contributed by atoms with E-state index in [4.69, 9.17) is 5.41 Å². The van der Waals surface area contributed by atoms with Crippen molar-refractivity contribution >= 4 is 32.5 Å². The second kappa shape index (κ2) is 5.94. The van der Waals surface area contributed by atoms with Gasteiger partial charge < -0.3 is 0 Å². The van der Waals surface area contributed by atoms with Crippen molar-refractivity contribution in [3.05, 3.63) is 12.2 Å². The first-order valence-corrected chi connectivity index (χ1v) is 3.70. The molecule has 0 saturated heterocycles. The Kier molecular flexibility index (Phi) is 5.81. The van der Waals surface area contributed by atoms with Crippen LogP contribution in [0.5, 0.6) is 0 Å². The average molecular weight is 236 g/mol. The van der Waals surface area contributed by atoms with Gasteiger partial charge in [-0.25, -0.2) is 0 Å². The van der Waals surface area contributed by atoms with Gasteiger partial charge in [-0.15, -0.1) is 0 Å². The molecule has 0 unspecified atom stereocenters. The van der Waals surface area contributed by atoms with Gasteiger partial charge in [-0.2, -0.15) is 0 Å². The van der Waals surface area contributed by atoms with Gasteiger partial charge >= 0.3 is 0 Å². The standard InChI is InChI=1S/C6H9IN2/c1-2-3-4-9-5-6(7)8/h2-3,5,8H,4H2,1H3/b3-2-,8-6?,9-5?. The van der Waals surface area contributed by atoms with Gasteiger partial charge in [-0.3, -0.25) is 10.4 Å². The molecule has 3 heteroatoms. The van der Waals surface area contributed by atoms with Crippen molar-refractivity contribution in [1.29, 1.82) is 5.41 Å². The zero-order valence-corrected chi connectivity index (χ0v) is 7.42. The SMILES string of the molecule is C/C=C\CN=CC(=N)I. The molecule has 0 aromatic carbocycles. The Morgan fingerprint density at radius 2 is 2.44 bits per heavy atom. The molecule has 0 rings (SSSR count). The number of allylic oxidation sites excluding steroid dienone is 1. The Bertz CT molecular complexity index is 138. The van der Waals surface area contributed by atoms with E-state index in [1.807, 2.05) is 41.7 Å². The predicted molar refractivity (Wildman–Crippen MR) is 49.9 cm³/mol. The molecule has 50 valence electrons. The van der Waals surface area contributed by atoms with Gasteiger partial charge in [0.1, 0.15) is 3.72 Å². The van der Waals surface area contributed by atoms with Crippen molar-refractivity contribution in [3.8, 4) is 0 Å². The van der Waals surface area contributed by atoms with E-state index >= 15 is 0 Å². The number of hydrogen-bond acceptors (Lipinski definition) is 2. The summed E-state index contributed by atoms with van der Waals surface area (Å²) in [6, 6.07) is 0. The van der Waals surface area contributed by atoms with E-state index in [9.17, 15) is 0 Å². The lowest BCUT2D eigenvalue weighted by atomic mass is 10.5. The molecule has 0 spiro atoms. The van der Waals surface area contributed by atoms with Gasteiger partial charge in [0.05, 0.1) is 12.8 Å². The molecule has 0 bridgehead atoms. The average Bonchev–Trinajstić information content (AvgIpc) is 1.80. The van der Waals surface area contributed by atoms with Crippen molar-refractivity contribution in [3.63, 3.8) is 0 Å². The fourth-order valence-electron chi connectivity index (χ4n) is 0.299. The second-order valence-electron chi connectivity index (χ2n) is 1.41. The summed E-state index contributed by atoms with van der Waals surface area (Å²) in [6.45, 7) is 2.63. The van der Waals surface area contributed by atoms with Crippen LogP contribution in [0.15, 0.2) is 17.1 Å². The summed E-state index contributed by atoms with van der Waals surface area (Å²) < 4.78 is 0.470. The highest BCUT2D eigenvalue weighted by Crippen LogP contribution is 1.81. The maximum Gasteiger partial charge on any atom is 0.110 e. The van der Waals surface area contributed by atoms with Crippen LogP contribution in [0.25, 0.3) is 0 Å². The second-order valence-corrected chi connectivity index (χ2v) is 2.57. The molecule has 0 heterocycles. The third kappa shape index (κ3) is 7.81. The summed E-state index contributed by atoms with van der Waals surface area (Å²) in [6.07, 6.45) is 5.42. The van der Waals surface area contributed by atoms with Crippen molar-refractivity contribution in [2.45, 2.75) is 6.92 Å². The smallest absolute Gasteiger partial charge is 0.110 e. The lowest BCUT2D eigenvalue weighted by molar-refractivity contribution is 1.26. The first-order valence-electron chi connectivity index (χ1n) is 2.62. The van der Waals surface area contributed by atoms with Crippen LogP contribution in [0, 0.1) is 5.41 Å². The van der Waals surface area contributed by atoms with Crippen molar-refractivity contribution in [2.24, 2.45) is 4.99 Å². The monoisotopic (exact) mass is 236 g/mol. The zero-order chi connectivity index (χ0) is 7.11.